The van der Waals surface area contributed by atoms with Crippen molar-refractivity contribution in [1.29, 1.82) is 0 Å². The van der Waals surface area contributed by atoms with E-state index in [1.165, 1.54) is 6.42 Å². The normalized spacial score (nSPS) is 21.3. The molecule has 1 aromatic heterocycles. The van der Waals surface area contributed by atoms with Crippen LogP contribution in [0.5, 0.6) is 0 Å². The lowest BCUT2D eigenvalue weighted by Crippen LogP contribution is -2.42. The second kappa shape index (κ2) is 7.69. The highest BCUT2D eigenvalue weighted by Crippen LogP contribution is 2.32. The fourth-order valence-electron chi connectivity index (χ4n) is 2.81. The Morgan fingerprint density at radius 3 is 3.05 bits per heavy atom. The Kier molecular flexibility index (Phi) is 5.91. The molecule has 0 unspecified atom stereocenters. The Hall–Kier alpha value is -1.23. The van der Waals surface area contributed by atoms with E-state index in [-0.39, 0.29) is 6.03 Å². The van der Waals surface area contributed by atoms with Crippen molar-refractivity contribution < 1.29 is 4.79 Å². The standard InChI is InChI=1S/C16H25N3OS/c1-4-21-14-8-7-13(10-14)19(3)16(20)18-11-15-12(2)6-5-9-17-15/h5-6,9,13-14H,4,7-8,10-11H2,1-3H3,(H,18,20)/t13-,14+/m1/s1. The number of carbonyl (C=O) groups is 1. The first kappa shape index (κ1) is 16.1. The Morgan fingerprint density at radius 2 is 2.33 bits per heavy atom. The highest BCUT2D eigenvalue weighted by molar-refractivity contribution is 7.99. The Balaban J connectivity index is 1.82. The second-order valence-corrected chi connectivity index (χ2v) is 7.16. The van der Waals surface area contributed by atoms with Crippen LogP contribution >= 0.6 is 11.8 Å². The topological polar surface area (TPSA) is 45.2 Å². The molecule has 116 valence electrons. The summed E-state index contributed by atoms with van der Waals surface area (Å²) in [6.07, 6.45) is 5.22. The number of aromatic nitrogens is 1. The van der Waals surface area contributed by atoms with Crippen molar-refractivity contribution in [3.63, 3.8) is 0 Å². The van der Waals surface area contributed by atoms with Crippen molar-refractivity contribution in [1.82, 2.24) is 15.2 Å². The molecule has 1 N–H and O–H groups in total. The summed E-state index contributed by atoms with van der Waals surface area (Å²) in [4.78, 5) is 18.4. The van der Waals surface area contributed by atoms with Gasteiger partial charge in [0, 0.05) is 24.5 Å². The average Bonchev–Trinajstić information content (AvgIpc) is 2.94. The fourth-order valence-corrected chi connectivity index (χ4v) is 3.94. The van der Waals surface area contributed by atoms with Crippen molar-refractivity contribution in [2.24, 2.45) is 0 Å². The number of rotatable bonds is 5. The summed E-state index contributed by atoms with van der Waals surface area (Å²) < 4.78 is 0. The molecule has 0 spiro atoms. The van der Waals surface area contributed by atoms with Crippen molar-refractivity contribution in [2.75, 3.05) is 12.8 Å². The Labute approximate surface area is 131 Å². The molecule has 2 amide bonds. The average molecular weight is 307 g/mol. The van der Waals surface area contributed by atoms with Crippen LogP contribution in [0.4, 0.5) is 4.79 Å². The molecule has 0 saturated heterocycles. The summed E-state index contributed by atoms with van der Waals surface area (Å²) in [5.41, 5.74) is 2.05. The van der Waals surface area contributed by atoms with E-state index in [0.29, 0.717) is 17.8 Å². The Bertz CT molecular complexity index is 480. The summed E-state index contributed by atoms with van der Waals surface area (Å²) in [6.45, 7) is 4.71. The van der Waals surface area contributed by atoms with Crippen LogP contribution in [0.1, 0.15) is 37.4 Å². The van der Waals surface area contributed by atoms with Crippen LogP contribution < -0.4 is 5.32 Å². The smallest absolute Gasteiger partial charge is 0.317 e. The predicted molar refractivity (Wildman–Crippen MR) is 88.5 cm³/mol. The maximum atomic E-state index is 12.3. The van der Waals surface area contributed by atoms with E-state index in [9.17, 15) is 4.79 Å². The largest absolute Gasteiger partial charge is 0.332 e. The quantitative estimate of drug-likeness (QED) is 0.908. The molecule has 1 aromatic rings. The summed E-state index contributed by atoms with van der Waals surface area (Å²) in [5.74, 6) is 1.16. The summed E-state index contributed by atoms with van der Waals surface area (Å²) in [5, 5.41) is 3.70. The first-order valence-electron chi connectivity index (χ1n) is 7.64. The van der Waals surface area contributed by atoms with Gasteiger partial charge < -0.3 is 10.2 Å². The molecule has 0 aliphatic heterocycles. The first-order valence-corrected chi connectivity index (χ1v) is 8.69. The number of nitrogens with zero attached hydrogens (tertiary/aromatic N) is 2. The second-order valence-electron chi connectivity index (χ2n) is 5.58. The minimum atomic E-state index is 0.00667. The number of urea groups is 1. The molecule has 1 aliphatic carbocycles. The lowest BCUT2D eigenvalue weighted by molar-refractivity contribution is 0.190. The maximum Gasteiger partial charge on any atom is 0.317 e. The molecular weight excluding hydrogens is 282 g/mol. The predicted octanol–water partition coefficient (Wildman–Crippen LogP) is 3.21. The number of pyridine rings is 1. The molecule has 1 heterocycles. The number of nitrogens with one attached hydrogen (secondary N) is 1. The van der Waals surface area contributed by atoms with E-state index in [2.05, 4.69) is 17.2 Å². The third-order valence-electron chi connectivity index (χ3n) is 4.15. The number of amides is 2. The maximum absolute atomic E-state index is 12.3. The minimum absolute atomic E-state index is 0.00667. The van der Waals surface area contributed by atoms with Crippen LogP contribution in [0.2, 0.25) is 0 Å². The minimum Gasteiger partial charge on any atom is -0.332 e. The molecule has 2 rings (SSSR count). The van der Waals surface area contributed by atoms with Gasteiger partial charge in [-0.05, 0) is 43.6 Å². The van der Waals surface area contributed by atoms with E-state index in [1.807, 2.05) is 42.8 Å². The van der Waals surface area contributed by atoms with Crippen molar-refractivity contribution in [3.05, 3.63) is 29.6 Å². The van der Waals surface area contributed by atoms with Crippen molar-refractivity contribution >= 4 is 17.8 Å². The van der Waals surface area contributed by atoms with Crippen molar-refractivity contribution in [2.45, 2.75) is 50.9 Å². The van der Waals surface area contributed by atoms with Crippen LogP contribution in [-0.4, -0.2) is 40.0 Å². The van der Waals surface area contributed by atoms with Crippen LogP contribution in [0.25, 0.3) is 0 Å². The van der Waals surface area contributed by atoms with Crippen molar-refractivity contribution in [3.8, 4) is 0 Å². The number of hydrogen-bond acceptors (Lipinski definition) is 3. The van der Waals surface area contributed by atoms with E-state index in [1.54, 1.807) is 6.20 Å². The zero-order chi connectivity index (χ0) is 15.2. The third kappa shape index (κ3) is 4.37. The summed E-state index contributed by atoms with van der Waals surface area (Å²) >= 11 is 2.02. The number of hydrogen-bond donors (Lipinski definition) is 1. The van der Waals surface area contributed by atoms with Crippen LogP contribution in [0.15, 0.2) is 18.3 Å². The van der Waals surface area contributed by atoms with Gasteiger partial charge in [0.2, 0.25) is 0 Å². The van der Waals surface area contributed by atoms with Gasteiger partial charge in [0.25, 0.3) is 0 Å². The number of carbonyl (C=O) groups excluding carboxylic acids is 1. The van der Waals surface area contributed by atoms with Gasteiger partial charge in [-0.2, -0.15) is 11.8 Å². The molecule has 0 bridgehead atoms. The molecule has 0 aromatic carbocycles. The van der Waals surface area contributed by atoms with Crippen LogP contribution in [0.3, 0.4) is 0 Å². The highest BCUT2D eigenvalue weighted by Gasteiger charge is 2.29. The summed E-state index contributed by atoms with van der Waals surface area (Å²) in [6, 6.07) is 4.31. The van der Waals surface area contributed by atoms with Gasteiger partial charge in [0.05, 0.1) is 12.2 Å². The number of aryl methyl sites for hydroxylation is 1. The van der Waals surface area contributed by atoms with Crippen LogP contribution in [-0.2, 0) is 6.54 Å². The molecule has 2 atom stereocenters. The van der Waals surface area contributed by atoms with Crippen LogP contribution in [0, 0.1) is 6.92 Å². The zero-order valence-corrected chi connectivity index (χ0v) is 13.9. The first-order chi connectivity index (χ1) is 10.1. The molecule has 4 nitrogen and oxygen atoms in total. The molecule has 21 heavy (non-hydrogen) atoms. The van der Waals surface area contributed by atoms with Gasteiger partial charge in [-0.1, -0.05) is 13.0 Å². The fraction of sp³-hybridized carbons (Fsp3) is 0.625. The lowest BCUT2D eigenvalue weighted by Gasteiger charge is -2.25. The molecular formula is C16H25N3OS. The van der Waals surface area contributed by atoms with Gasteiger partial charge in [0.1, 0.15) is 0 Å². The van der Waals surface area contributed by atoms with Gasteiger partial charge in [0.15, 0.2) is 0 Å². The third-order valence-corrected chi connectivity index (χ3v) is 5.39. The highest BCUT2D eigenvalue weighted by atomic mass is 32.2. The van der Waals surface area contributed by atoms with E-state index < -0.39 is 0 Å². The monoisotopic (exact) mass is 307 g/mol. The SMILES string of the molecule is CCS[C@H]1CC[C@@H](N(C)C(=O)NCc2ncccc2C)C1. The molecule has 0 radical (unpaired) electrons. The van der Waals surface area contributed by atoms with Gasteiger partial charge in [-0.25, -0.2) is 4.79 Å². The molecule has 1 fully saturated rings. The van der Waals surface area contributed by atoms with E-state index in [0.717, 1.165) is 29.9 Å². The van der Waals surface area contributed by atoms with E-state index in [4.69, 9.17) is 0 Å². The molecule has 1 saturated carbocycles. The molecule has 1 aliphatic rings. The van der Waals surface area contributed by atoms with E-state index >= 15 is 0 Å². The zero-order valence-electron chi connectivity index (χ0n) is 13.1. The van der Waals surface area contributed by atoms with Gasteiger partial charge >= 0.3 is 6.03 Å². The number of thioether (sulfide) groups is 1. The Morgan fingerprint density at radius 1 is 1.52 bits per heavy atom. The van der Waals surface area contributed by atoms with Gasteiger partial charge in [-0.3, -0.25) is 4.98 Å². The summed E-state index contributed by atoms with van der Waals surface area (Å²) in [7, 11) is 1.91. The lowest BCUT2D eigenvalue weighted by atomic mass is 10.2. The molecule has 5 heteroatoms. The van der Waals surface area contributed by atoms with Gasteiger partial charge in [-0.15, -0.1) is 0 Å².